The highest BCUT2D eigenvalue weighted by Crippen LogP contribution is 2.24. The molecule has 1 N–H and O–H groups in total. The molecule has 0 radical (unpaired) electrons. The fourth-order valence-electron chi connectivity index (χ4n) is 2.95. The number of aryl methyl sites for hydroxylation is 2. The molecule has 1 amide bonds. The maximum atomic E-state index is 12.0. The maximum absolute atomic E-state index is 12.0. The molecule has 0 bridgehead atoms. The highest BCUT2D eigenvalue weighted by atomic mass is 16.5. The van der Waals surface area contributed by atoms with Gasteiger partial charge in [0.25, 0.3) is 0 Å². The lowest BCUT2D eigenvalue weighted by Crippen LogP contribution is -2.25. The monoisotopic (exact) mass is 379 g/mol. The maximum Gasteiger partial charge on any atom is 0.249 e. The molecule has 28 heavy (non-hydrogen) atoms. The van der Waals surface area contributed by atoms with Gasteiger partial charge in [0.15, 0.2) is 6.10 Å². The minimum Gasteiger partial charge on any atom is -0.422 e. The number of nitrogens with one attached hydrogen (secondary N) is 1. The third-order valence-electron chi connectivity index (χ3n) is 4.42. The fourth-order valence-corrected chi connectivity index (χ4v) is 2.95. The Bertz CT molecular complexity index is 850. The Morgan fingerprint density at radius 1 is 1.04 bits per heavy atom. The van der Waals surface area contributed by atoms with E-state index in [2.05, 4.69) is 27.6 Å². The van der Waals surface area contributed by atoms with Crippen molar-refractivity contribution >= 4 is 5.91 Å². The van der Waals surface area contributed by atoms with Crippen LogP contribution in [-0.4, -0.2) is 29.8 Å². The van der Waals surface area contributed by atoms with E-state index in [0.29, 0.717) is 31.2 Å². The summed E-state index contributed by atoms with van der Waals surface area (Å²) in [5.74, 6) is 0.818. The summed E-state index contributed by atoms with van der Waals surface area (Å²) in [6, 6.07) is 19.9. The molecular weight excluding hydrogens is 354 g/mol. The molecule has 0 aliphatic rings. The average Bonchev–Trinajstić information content (AvgIpc) is 3.20. The third kappa shape index (κ3) is 5.76. The number of amides is 1. The molecule has 1 atom stereocenters. The highest BCUT2D eigenvalue weighted by Gasteiger charge is 2.20. The van der Waals surface area contributed by atoms with Gasteiger partial charge in [0, 0.05) is 26.5 Å². The van der Waals surface area contributed by atoms with Crippen molar-refractivity contribution in [3.8, 4) is 0 Å². The lowest BCUT2D eigenvalue weighted by atomic mass is 10.1. The molecule has 0 spiro atoms. The van der Waals surface area contributed by atoms with Gasteiger partial charge in [0.2, 0.25) is 17.7 Å². The van der Waals surface area contributed by atoms with Crippen molar-refractivity contribution in [3.63, 3.8) is 0 Å². The van der Waals surface area contributed by atoms with E-state index >= 15 is 0 Å². The first-order chi connectivity index (χ1) is 13.8. The summed E-state index contributed by atoms with van der Waals surface area (Å²) < 4.78 is 11.2. The molecule has 0 saturated carbocycles. The number of hydrogen-bond acceptors (Lipinski definition) is 5. The molecule has 3 aromatic rings. The number of nitrogens with zero attached hydrogens (tertiary/aromatic N) is 2. The van der Waals surface area contributed by atoms with Crippen molar-refractivity contribution in [2.45, 2.75) is 31.8 Å². The molecule has 0 aliphatic carbocycles. The number of carbonyl (C=O) groups is 1. The molecule has 0 saturated heterocycles. The molecule has 0 fully saturated rings. The number of aromatic nitrogens is 2. The van der Waals surface area contributed by atoms with Crippen LogP contribution >= 0.6 is 0 Å². The van der Waals surface area contributed by atoms with Crippen molar-refractivity contribution in [3.05, 3.63) is 83.6 Å². The topological polar surface area (TPSA) is 77.2 Å². The van der Waals surface area contributed by atoms with Crippen LogP contribution in [0.3, 0.4) is 0 Å². The SMILES string of the molecule is CO[C@H](c1ccccc1)c1nnc(CCC(=O)NCCCc2ccccc2)o1. The van der Waals surface area contributed by atoms with Gasteiger partial charge >= 0.3 is 0 Å². The fraction of sp³-hybridized carbons (Fsp3) is 0.318. The Balaban J connectivity index is 1.42. The molecule has 3 rings (SSSR count). The van der Waals surface area contributed by atoms with Gasteiger partial charge in [-0.15, -0.1) is 10.2 Å². The lowest BCUT2D eigenvalue weighted by molar-refractivity contribution is -0.121. The summed E-state index contributed by atoms with van der Waals surface area (Å²) in [5.41, 5.74) is 2.22. The van der Waals surface area contributed by atoms with Crippen LogP contribution in [-0.2, 0) is 22.4 Å². The Kier molecular flexibility index (Phi) is 7.32. The second-order valence-corrected chi connectivity index (χ2v) is 6.50. The smallest absolute Gasteiger partial charge is 0.249 e. The number of rotatable bonds is 10. The first-order valence-corrected chi connectivity index (χ1v) is 9.47. The van der Waals surface area contributed by atoms with Crippen molar-refractivity contribution < 1.29 is 13.9 Å². The van der Waals surface area contributed by atoms with Gasteiger partial charge in [-0.1, -0.05) is 60.7 Å². The van der Waals surface area contributed by atoms with Gasteiger partial charge in [-0.25, -0.2) is 0 Å². The standard InChI is InChI=1S/C22H25N3O3/c1-27-21(18-12-6-3-7-13-18)22-25-24-20(28-22)15-14-19(26)23-16-8-11-17-9-4-2-5-10-17/h2-7,9-10,12-13,21H,8,11,14-16H2,1H3,(H,23,26)/t21-/m1/s1. The molecular formula is C22H25N3O3. The number of carbonyl (C=O) groups excluding carboxylic acids is 1. The van der Waals surface area contributed by atoms with E-state index in [9.17, 15) is 4.79 Å². The Labute approximate surface area is 164 Å². The first kappa shape index (κ1) is 19.8. The van der Waals surface area contributed by atoms with Crippen LogP contribution in [0, 0.1) is 0 Å². The predicted molar refractivity (Wildman–Crippen MR) is 106 cm³/mol. The average molecular weight is 379 g/mol. The molecule has 0 unspecified atom stereocenters. The molecule has 2 aromatic carbocycles. The van der Waals surface area contributed by atoms with Gasteiger partial charge in [0.1, 0.15) is 0 Å². The largest absolute Gasteiger partial charge is 0.422 e. The van der Waals surface area contributed by atoms with Crippen LogP contribution in [0.5, 0.6) is 0 Å². The minimum atomic E-state index is -0.408. The first-order valence-electron chi connectivity index (χ1n) is 9.47. The van der Waals surface area contributed by atoms with Gasteiger partial charge < -0.3 is 14.5 Å². The van der Waals surface area contributed by atoms with Gasteiger partial charge in [-0.2, -0.15) is 0 Å². The summed E-state index contributed by atoms with van der Waals surface area (Å²) in [5, 5.41) is 11.1. The van der Waals surface area contributed by atoms with Crippen molar-refractivity contribution in [2.75, 3.05) is 13.7 Å². The number of hydrogen-bond donors (Lipinski definition) is 1. The zero-order valence-corrected chi connectivity index (χ0v) is 16.0. The third-order valence-corrected chi connectivity index (χ3v) is 4.42. The predicted octanol–water partition coefficient (Wildman–Crippen LogP) is 3.49. The molecule has 6 heteroatoms. The van der Waals surface area contributed by atoms with E-state index < -0.39 is 6.10 Å². The Hall–Kier alpha value is -2.99. The minimum absolute atomic E-state index is 0.0147. The van der Waals surface area contributed by atoms with Gasteiger partial charge in [0.05, 0.1) is 0 Å². The quantitative estimate of drug-likeness (QED) is 0.546. The molecule has 6 nitrogen and oxygen atoms in total. The highest BCUT2D eigenvalue weighted by molar-refractivity contribution is 5.75. The molecule has 1 heterocycles. The number of benzene rings is 2. The van der Waals surface area contributed by atoms with E-state index in [0.717, 1.165) is 18.4 Å². The second-order valence-electron chi connectivity index (χ2n) is 6.50. The van der Waals surface area contributed by atoms with Gasteiger partial charge in [-0.3, -0.25) is 4.79 Å². The summed E-state index contributed by atoms with van der Waals surface area (Å²) in [6.07, 6.45) is 2.17. The lowest BCUT2D eigenvalue weighted by Gasteiger charge is -2.10. The molecule has 0 aliphatic heterocycles. The van der Waals surface area contributed by atoms with E-state index in [-0.39, 0.29) is 5.91 Å². The summed E-state index contributed by atoms with van der Waals surface area (Å²) in [6.45, 7) is 0.655. The van der Waals surface area contributed by atoms with E-state index in [1.54, 1.807) is 7.11 Å². The molecule has 1 aromatic heterocycles. The van der Waals surface area contributed by atoms with Crippen LogP contribution < -0.4 is 5.32 Å². The molecule has 146 valence electrons. The van der Waals surface area contributed by atoms with Crippen LogP contribution in [0.15, 0.2) is 65.1 Å². The van der Waals surface area contributed by atoms with Crippen LogP contribution in [0.1, 0.15) is 41.9 Å². The zero-order chi connectivity index (χ0) is 19.6. The van der Waals surface area contributed by atoms with Crippen LogP contribution in [0.25, 0.3) is 0 Å². The summed E-state index contributed by atoms with van der Waals surface area (Å²) in [4.78, 5) is 12.0. The van der Waals surface area contributed by atoms with Crippen LogP contribution in [0.2, 0.25) is 0 Å². The summed E-state index contributed by atoms with van der Waals surface area (Å²) in [7, 11) is 1.60. The number of ether oxygens (including phenoxy) is 1. The van der Waals surface area contributed by atoms with Crippen molar-refractivity contribution in [2.24, 2.45) is 0 Å². The zero-order valence-electron chi connectivity index (χ0n) is 16.0. The van der Waals surface area contributed by atoms with Crippen molar-refractivity contribution in [1.29, 1.82) is 0 Å². The van der Waals surface area contributed by atoms with Crippen LogP contribution in [0.4, 0.5) is 0 Å². The normalized spacial score (nSPS) is 11.9. The Morgan fingerprint density at radius 2 is 1.75 bits per heavy atom. The van der Waals surface area contributed by atoms with E-state index in [4.69, 9.17) is 9.15 Å². The van der Waals surface area contributed by atoms with Gasteiger partial charge in [-0.05, 0) is 24.0 Å². The summed E-state index contributed by atoms with van der Waals surface area (Å²) >= 11 is 0. The number of methoxy groups -OCH3 is 1. The second kappa shape index (κ2) is 10.4. The van der Waals surface area contributed by atoms with E-state index in [1.165, 1.54) is 5.56 Å². The van der Waals surface area contributed by atoms with Crippen molar-refractivity contribution in [1.82, 2.24) is 15.5 Å². The Morgan fingerprint density at radius 3 is 2.46 bits per heavy atom. The van der Waals surface area contributed by atoms with E-state index in [1.807, 2.05) is 48.5 Å².